The van der Waals surface area contributed by atoms with Crippen LogP contribution in [0.15, 0.2) is 52.9 Å². The van der Waals surface area contributed by atoms with Gasteiger partial charge in [0.2, 0.25) is 5.89 Å². The van der Waals surface area contributed by atoms with Crippen molar-refractivity contribution in [3.05, 3.63) is 76.9 Å². The lowest BCUT2D eigenvalue weighted by Gasteiger charge is -2.32. The summed E-state index contributed by atoms with van der Waals surface area (Å²) < 4.78 is 18.5. The molecule has 1 aromatic heterocycles. The van der Waals surface area contributed by atoms with Crippen molar-refractivity contribution in [1.82, 2.24) is 10.2 Å². The Balaban J connectivity index is 1.31. The number of benzene rings is 2. The Hall–Kier alpha value is -3.55. The molecule has 2 aromatic carbocycles. The molecule has 1 aliphatic carbocycles. The quantitative estimate of drug-likeness (QED) is 0.459. The van der Waals surface area contributed by atoms with Gasteiger partial charge in [-0.1, -0.05) is 36.3 Å². The number of hydrogen-bond donors (Lipinski definition) is 2. The van der Waals surface area contributed by atoms with E-state index >= 15 is 0 Å². The maximum absolute atomic E-state index is 13.0. The van der Waals surface area contributed by atoms with E-state index in [4.69, 9.17) is 4.42 Å². The zero-order chi connectivity index (χ0) is 24.1. The molecule has 1 atom stereocenters. The van der Waals surface area contributed by atoms with E-state index in [1.165, 1.54) is 12.1 Å². The van der Waals surface area contributed by atoms with Crippen molar-refractivity contribution in [2.24, 2.45) is 11.8 Å². The van der Waals surface area contributed by atoms with Crippen LogP contribution in [0.1, 0.15) is 72.3 Å². The molecule has 178 valence electrons. The highest BCUT2D eigenvalue weighted by molar-refractivity contribution is 6.03. The number of nitrogens with zero attached hydrogens (tertiary/aromatic N) is 2. The number of rotatable bonds is 8. The number of carbonyl (C=O) groups is 2. The third-order valence-electron chi connectivity index (χ3n) is 6.70. The van der Waals surface area contributed by atoms with Crippen molar-refractivity contribution in [2.45, 2.75) is 51.4 Å². The topological polar surface area (TPSA) is 105 Å². The SMILES string of the molecule is CCC(C(=O)O)C1CCC(c2ccc(C(=O)Nc3nnc(Cc4ccc(F)cc4)o3)cc2)CC1. The van der Waals surface area contributed by atoms with Gasteiger partial charge in [-0.3, -0.25) is 14.9 Å². The minimum Gasteiger partial charge on any atom is -0.481 e. The van der Waals surface area contributed by atoms with Crippen LogP contribution in [0.25, 0.3) is 0 Å². The van der Waals surface area contributed by atoms with Gasteiger partial charge >= 0.3 is 12.0 Å². The van der Waals surface area contributed by atoms with Crippen molar-refractivity contribution in [1.29, 1.82) is 0 Å². The first-order chi connectivity index (χ1) is 16.4. The molecule has 0 aliphatic heterocycles. The van der Waals surface area contributed by atoms with Gasteiger partial charge in [-0.15, -0.1) is 5.10 Å². The first kappa shape index (κ1) is 23.6. The van der Waals surface area contributed by atoms with Crippen molar-refractivity contribution in [3.8, 4) is 0 Å². The average molecular weight is 466 g/mol. The summed E-state index contributed by atoms with van der Waals surface area (Å²) in [4.78, 5) is 24.0. The predicted molar refractivity (Wildman–Crippen MR) is 124 cm³/mol. The van der Waals surface area contributed by atoms with E-state index in [1.54, 1.807) is 24.3 Å². The summed E-state index contributed by atoms with van der Waals surface area (Å²) in [6, 6.07) is 13.5. The van der Waals surface area contributed by atoms with E-state index in [-0.39, 0.29) is 29.6 Å². The molecule has 0 radical (unpaired) electrons. The first-order valence-corrected chi connectivity index (χ1v) is 11.6. The normalized spacial score (nSPS) is 18.9. The molecule has 1 heterocycles. The zero-order valence-electron chi connectivity index (χ0n) is 19.0. The average Bonchev–Trinajstić information content (AvgIpc) is 3.28. The van der Waals surface area contributed by atoms with E-state index < -0.39 is 5.97 Å². The molecular weight excluding hydrogens is 437 g/mol. The molecule has 4 rings (SSSR count). The second kappa shape index (κ2) is 10.6. The van der Waals surface area contributed by atoms with Crippen LogP contribution in [0.5, 0.6) is 0 Å². The van der Waals surface area contributed by atoms with E-state index in [2.05, 4.69) is 15.5 Å². The lowest BCUT2D eigenvalue weighted by Crippen LogP contribution is -2.26. The Morgan fingerprint density at radius 2 is 1.74 bits per heavy atom. The van der Waals surface area contributed by atoms with Gasteiger partial charge < -0.3 is 9.52 Å². The van der Waals surface area contributed by atoms with Crippen molar-refractivity contribution in [2.75, 3.05) is 5.32 Å². The van der Waals surface area contributed by atoms with E-state index in [1.807, 2.05) is 19.1 Å². The molecule has 0 spiro atoms. The number of anilines is 1. The number of carbonyl (C=O) groups excluding carboxylic acids is 1. The van der Waals surface area contributed by atoms with Crippen LogP contribution in [0.3, 0.4) is 0 Å². The molecule has 0 bridgehead atoms. The number of aliphatic carboxylic acids is 1. The third-order valence-corrected chi connectivity index (χ3v) is 6.70. The number of amides is 1. The summed E-state index contributed by atoms with van der Waals surface area (Å²) in [6.07, 6.45) is 4.75. The number of carboxylic acid groups (broad SMARTS) is 1. The molecule has 1 aliphatic rings. The maximum atomic E-state index is 13.0. The monoisotopic (exact) mass is 465 g/mol. The summed E-state index contributed by atoms with van der Waals surface area (Å²) in [5.41, 5.74) is 2.46. The molecule has 0 saturated heterocycles. The maximum Gasteiger partial charge on any atom is 0.322 e. The summed E-state index contributed by atoms with van der Waals surface area (Å²) in [6.45, 7) is 1.94. The Morgan fingerprint density at radius 3 is 2.35 bits per heavy atom. The van der Waals surface area contributed by atoms with Crippen molar-refractivity contribution >= 4 is 17.9 Å². The summed E-state index contributed by atoms with van der Waals surface area (Å²) in [7, 11) is 0. The van der Waals surface area contributed by atoms with Crippen LogP contribution in [0, 0.1) is 17.7 Å². The third kappa shape index (κ3) is 5.68. The van der Waals surface area contributed by atoms with Crippen molar-refractivity contribution < 1.29 is 23.5 Å². The minimum absolute atomic E-state index is 0.00780. The second-order valence-electron chi connectivity index (χ2n) is 8.85. The summed E-state index contributed by atoms with van der Waals surface area (Å²) in [5, 5.41) is 19.8. The Morgan fingerprint density at radius 1 is 1.06 bits per heavy atom. The standard InChI is InChI=1S/C26H28FN3O4/c1-2-22(25(32)33)19-9-5-17(6-10-19)18-7-11-20(12-8-18)24(31)28-26-30-29-23(34-26)15-16-3-13-21(27)14-4-16/h3-4,7-8,11-14,17,19,22H,2,5-6,9-10,15H2,1H3,(H,32,33)(H,28,30,31). The number of aromatic nitrogens is 2. The predicted octanol–water partition coefficient (Wildman–Crippen LogP) is 5.44. The Bertz CT molecular complexity index is 1120. The first-order valence-electron chi connectivity index (χ1n) is 11.6. The molecule has 7 nitrogen and oxygen atoms in total. The molecule has 3 aromatic rings. The van der Waals surface area contributed by atoms with E-state index in [9.17, 15) is 19.1 Å². The van der Waals surface area contributed by atoms with Gasteiger partial charge in [-0.25, -0.2) is 4.39 Å². The highest BCUT2D eigenvalue weighted by Gasteiger charge is 2.31. The second-order valence-corrected chi connectivity index (χ2v) is 8.85. The van der Waals surface area contributed by atoms with Gasteiger partial charge in [-0.2, -0.15) is 0 Å². The fourth-order valence-electron chi connectivity index (χ4n) is 4.79. The molecule has 1 amide bonds. The van der Waals surface area contributed by atoms with E-state index in [0.717, 1.165) is 36.8 Å². The van der Waals surface area contributed by atoms with Crippen LogP contribution < -0.4 is 5.32 Å². The largest absolute Gasteiger partial charge is 0.481 e. The van der Waals surface area contributed by atoms with Gasteiger partial charge in [0.25, 0.3) is 5.91 Å². The summed E-state index contributed by atoms with van der Waals surface area (Å²) in [5.74, 6) is -0.668. The lowest BCUT2D eigenvalue weighted by molar-refractivity contribution is -0.144. The van der Waals surface area contributed by atoms with Crippen LogP contribution in [-0.2, 0) is 11.2 Å². The van der Waals surface area contributed by atoms with Gasteiger partial charge in [0.15, 0.2) is 0 Å². The molecular formula is C26H28FN3O4. The van der Waals surface area contributed by atoms with Gasteiger partial charge in [0.1, 0.15) is 5.82 Å². The molecule has 34 heavy (non-hydrogen) atoms. The highest BCUT2D eigenvalue weighted by atomic mass is 19.1. The van der Waals surface area contributed by atoms with Crippen LogP contribution in [0.4, 0.5) is 10.4 Å². The number of nitrogens with one attached hydrogen (secondary N) is 1. The summed E-state index contributed by atoms with van der Waals surface area (Å²) >= 11 is 0. The Kier molecular flexibility index (Phi) is 7.35. The van der Waals surface area contributed by atoms with Crippen LogP contribution >= 0.6 is 0 Å². The Labute approximate surface area is 197 Å². The van der Waals surface area contributed by atoms with Crippen molar-refractivity contribution in [3.63, 3.8) is 0 Å². The number of carboxylic acids is 1. The van der Waals surface area contributed by atoms with Gasteiger partial charge in [-0.05, 0) is 79.3 Å². The molecule has 1 unspecified atom stereocenters. The number of halogens is 1. The smallest absolute Gasteiger partial charge is 0.322 e. The van der Waals surface area contributed by atoms with Crippen LogP contribution in [0.2, 0.25) is 0 Å². The minimum atomic E-state index is -0.690. The molecule has 8 heteroatoms. The fraction of sp³-hybridized carbons (Fsp3) is 0.385. The number of hydrogen-bond acceptors (Lipinski definition) is 5. The zero-order valence-corrected chi connectivity index (χ0v) is 19.0. The lowest BCUT2D eigenvalue weighted by atomic mass is 9.73. The molecule has 1 fully saturated rings. The molecule has 2 N–H and O–H groups in total. The molecule has 1 saturated carbocycles. The highest BCUT2D eigenvalue weighted by Crippen LogP contribution is 2.39. The van der Waals surface area contributed by atoms with E-state index in [0.29, 0.717) is 30.2 Å². The van der Waals surface area contributed by atoms with Crippen LogP contribution in [-0.4, -0.2) is 27.2 Å². The van der Waals surface area contributed by atoms with Gasteiger partial charge in [0, 0.05) is 5.56 Å². The fourth-order valence-corrected chi connectivity index (χ4v) is 4.79. The van der Waals surface area contributed by atoms with Gasteiger partial charge in [0.05, 0.1) is 12.3 Å².